The van der Waals surface area contributed by atoms with Crippen molar-refractivity contribution >= 4 is 10.0 Å². The number of para-hydroxylation sites is 1. The molecule has 26 heavy (non-hydrogen) atoms. The van der Waals surface area contributed by atoms with E-state index in [1.54, 1.807) is 6.07 Å². The molecular formula is C16H12F4N2O3S. The Kier molecular flexibility index (Phi) is 5.53. The first-order chi connectivity index (χ1) is 12.0. The van der Waals surface area contributed by atoms with E-state index < -0.39 is 39.4 Å². The standard InChI is InChI=1S/C16H12F4N2O3S/c1-22(10-12-4-2-3-5-14(12)25-16(18,19)20)26(23,24)15-7-6-11(9-21)8-13(15)17/h2-8H,10H2,1H3. The van der Waals surface area contributed by atoms with Crippen LogP contribution in [0.1, 0.15) is 11.1 Å². The van der Waals surface area contributed by atoms with Crippen LogP contribution in [0, 0.1) is 17.1 Å². The molecule has 0 saturated heterocycles. The number of rotatable bonds is 5. The molecular weight excluding hydrogens is 376 g/mol. The third-order valence-corrected chi connectivity index (χ3v) is 5.18. The smallest absolute Gasteiger partial charge is 0.405 e. The Morgan fingerprint density at radius 1 is 1.19 bits per heavy atom. The molecule has 138 valence electrons. The molecule has 10 heteroatoms. The first-order valence-electron chi connectivity index (χ1n) is 7.04. The van der Waals surface area contributed by atoms with E-state index in [1.807, 2.05) is 0 Å². The maximum absolute atomic E-state index is 14.0. The number of nitriles is 1. The molecule has 0 N–H and O–H groups in total. The number of nitrogens with zero attached hydrogens (tertiary/aromatic N) is 2. The van der Waals surface area contributed by atoms with Crippen molar-refractivity contribution in [1.29, 1.82) is 5.26 Å². The summed E-state index contributed by atoms with van der Waals surface area (Å²) in [5.41, 5.74) is -0.113. The van der Waals surface area contributed by atoms with E-state index in [2.05, 4.69) is 4.74 Å². The first-order valence-corrected chi connectivity index (χ1v) is 8.48. The van der Waals surface area contributed by atoms with Gasteiger partial charge in [-0.3, -0.25) is 0 Å². The van der Waals surface area contributed by atoms with Crippen LogP contribution in [-0.4, -0.2) is 26.1 Å². The maximum atomic E-state index is 14.0. The minimum absolute atomic E-state index is 0.0510. The molecule has 2 aromatic rings. The van der Waals surface area contributed by atoms with Crippen molar-refractivity contribution in [3.8, 4) is 11.8 Å². The minimum Gasteiger partial charge on any atom is -0.405 e. The molecule has 2 aromatic carbocycles. The van der Waals surface area contributed by atoms with Gasteiger partial charge in [0.15, 0.2) is 0 Å². The number of benzene rings is 2. The summed E-state index contributed by atoms with van der Waals surface area (Å²) in [6.07, 6.45) is -4.94. The molecule has 0 aromatic heterocycles. The Morgan fingerprint density at radius 3 is 2.42 bits per heavy atom. The van der Waals surface area contributed by atoms with E-state index in [0.717, 1.165) is 31.3 Å². The van der Waals surface area contributed by atoms with E-state index in [0.29, 0.717) is 4.31 Å². The highest BCUT2D eigenvalue weighted by atomic mass is 32.2. The molecule has 0 bridgehead atoms. The average molecular weight is 388 g/mol. The fourth-order valence-electron chi connectivity index (χ4n) is 2.13. The minimum atomic E-state index is -4.94. The fourth-order valence-corrected chi connectivity index (χ4v) is 3.32. The third kappa shape index (κ3) is 4.50. The van der Waals surface area contributed by atoms with Crippen LogP contribution in [0.15, 0.2) is 47.4 Å². The number of alkyl halides is 3. The fraction of sp³-hybridized carbons (Fsp3) is 0.188. The summed E-state index contributed by atoms with van der Waals surface area (Å²) in [6, 6.07) is 9.53. The van der Waals surface area contributed by atoms with Crippen molar-refractivity contribution in [2.45, 2.75) is 17.8 Å². The summed E-state index contributed by atoms with van der Waals surface area (Å²) in [6.45, 7) is -0.478. The maximum Gasteiger partial charge on any atom is 0.573 e. The van der Waals surface area contributed by atoms with Gasteiger partial charge >= 0.3 is 6.36 Å². The van der Waals surface area contributed by atoms with Gasteiger partial charge in [-0.25, -0.2) is 12.8 Å². The van der Waals surface area contributed by atoms with E-state index in [9.17, 15) is 26.0 Å². The summed E-state index contributed by atoms with van der Waals surface area (Å²) in [7, 11) is -3.25. The molecule has 0 aliphatic heterocycles. The average Bonchev–Trinajstić information content (AvgIpc) is 2.54. The molecule has 5 nitrogen and oxygen atoms in total. The van der Waals surface area contributed by atoms with Crippen molar-refractivity contribution < 1.29 is 30.7 Å². The monoisotopic (exact) mass is 388 g/mol. The third-order valence-electron chi connectivity index (χ3n) is 3.34. The second-order valence-corrected chi connectivity index (χ2v) is 7.19. The summed E-state index contributed by atoms with van der Waals surface area (Å²) < 4.78 is 80.9. The second-order valence-electron chi connectivity index (χ2n) is 5.17. The zero-order valence-corrected chi connectivity index (χ0v) is 14.1. The highest BCUT2D eigenvalue weighted by molar-refractivity contribution is 7.89. The van der Waals surface area contributed by atoms with Crippen molar-refractivity contribution in [1.82, 2.24) is 4.31 Å². The second kappa shape index (κ2) is 7.31. The lowest BCUT2D eigenvalue weighted by Crippen LogP contribution is -2.28. The molecule has 0 amide bonds. The molecule has 0 fully saturated rings. The molecule has 0 unspecified atom stereocenters. The van der Waals surface area contributed by atoms with Gasteiger partial charge in [-0.15, -0.1) is 13.2 Å². The predicted molar refractivity (Wildman–Crippen MR) is 82.9 cm³/mol. The zero-order chi connectivity index (χ0) is 19.5. The number of ether oxygens (including phenoxy) is 1. The summed E-state index contributed by atoms with van der Waals surface area (Å²) in [5, 5.41) is 8.70. The van der Waals surface area contributed by atoms with Gasteiger partial charge in [-0.1, -0.05) is 18.2 Å². The van der Waals surface area contributed by atoms with Gasteiger partial charge in [0, 0.05) is 19.2 Å². The normalized spacial score (nSPS) is 12.0. The quantitative estimate of drug-likeness (QED) is 0.736. The van der Waals surface area contributed by atoms with Crippen LogP contribution in [0.4, 0.5) is 17.6 Å². The largest absolute Gasteiger partial charge is 0.573 e. The highest BCUT2D eigenvalue weighted by Crippen LogP contribution is 2.28. The van der Waals surface area contributed by atoms with Crippen LogP contribution < -0.4 is 4.74 Å². The summed E-state index contributed by atoms with van der Waals surface area (Å²) in [5.74, 6) is -1.68. The number of hydrogen-bond donors (Lipinski definition) is 0. The van der Waals surface area contributed by atoms with Crippen LogP contribution in [-0.2, 0) is 16.6 Å². The molecule has 0 saturated carbocycles. The Labute approximate surface area is 147 Å². The molecule has 0 radical (unpaired) electrons. The highest BCUT2D eigenvalue weighted by Gasteiger charge is 2.33. The van der Waals surface area contributed by atoms with Crippen molar-refractivity contribution in [2.75, 3.05) is 7.05 Å². The predicted octanol–water partition coefficient (Wildman–Crippen LogP) is 3.42. The van der Waals surface area contributed by atoms with Gasteiger partial charge in [0.1, 0.15) is 16.5 Å². The van der Waals surface area contributed by atoms with Gasteiger partial charge < -0.3 is 4.74 Å². The lowest BCUT2D eigenvalue weighted by atomic mass is 10.2. The topological polar surface area (TPSA) is 70.4 Å². The number of halogens is 4. The van der Waals surface area contributed by atoms with Gasteiger partial charge in [-0.2, -0.15) is 9.57 Å². The van der Waals surface area contributed by atoms with Crippen molar-refractivity contribution in [3.63, 3.8) is 0 Å². The number of hydrogen-bond acceptors (Lipinski definition) is 4. The van der Waals surface area contributed by atoms with E-state index in [-0.39, 0.29) is 11.1 Å². The van der Waals surface area contributed by atoms with Crippen LogP contribution in [0.25, 0.3) is 0 Å². The van der Waals surface area contributed by atoms with E-state index >= 15 is 0 Å². The zero-order valence-electron chi connectivity index (χ0n) is 13.3. The Bertz CT molecular complexity index is 953. The summed E-state index contributed by atoms with van der Waals surface area (Å²) in [4.78, 5) is -0.687. The van der Waals surface area contributed by atoms with E-state index in [4.69, 9.17) is 5.26 Å². The first kappa shape index (κ1) is 19.7. The van der Waals surface area contributed by atoms with Gasteiger partial charge in [0.25, 0.3) is 0 Å². The molecule has 0 aliphatic carbocycles. The molecule has 0 aliphatic rings. The van der Waals surface area contributed by atoms with Crippen LogP contribution >= 0.6 is 0 Å². The van der Waals surface area contributed by atoms with Crippen LogP contribution in [0.3, 0.4) is 0 Å². The molecule has 0 atom stereocenters. The SMILES string of the molecule is CN(Cc1ccccc1OC(F)(F)F)S(=O)(=O)c1ccc(C#N)cc1F. The molecule has 0 heterocycles. The van der Waals surface area contributed by atoms with Crippen LogP contribution in [0.5, 0.6) is 5.75 Å². The molecule has 2 rings (SSSR count). The Hall–Kier alpha value is -2.64. The van der Waals surface area contributed by atoms with Crippen molar-refractivity contribution in [3.05, 3.63) is 59.4 Å². The number of sulfonamides is 1. The van der Waals surface area contributed by atoms with Crippen LogP contribution in [0.2, 0.25) is 0 Å². The van der Waals surface area contributed by atoms with Gasteiger partial charge in [0.2, 0.25) is 10.0 Å². The Morgan fingerprint density at radius 2 is 1.85 bits per heavy atom. The van der Waals surface area contributed by atoms with Gasteiger partial charge in [-0.05, 0) is 24.3 Å². The van der Waals surface area contributed by atoms with E-state index in [1.165, 1.54) is 18.2 Å². The van der Waals surface area contributed by atoms with Gasteiger partial charge in [0.05, 0.1) is 11.6 Å². The lowest BCUT2D eigenvalue weighted by Gasteiger charge is -2.20. The lowest BCUT2D eigenvalue weighted by molar-refractivity contribution is -0.274. The molecule has 0 spiro atoms. The summed E-state index contributed by atoms with van der Waals surface area (Å²) >= 11 is 0. The Balaban J connectivity index is 2.33. The van der Waals surface area contributed by atoms with Crippen molar-refractivity contribution in [2.24, 2.45) is 0 Å².